The van der Waals surface area contributed by atoms with Crippen LogP contribution in [0.15, 0.2) is 42.6 Å². The Hall–Kier alpha value is -2.62. The molecule has 0 aliphatic carbocycles. The first kappa shape index (κ1) is 15.3. The molecular weight excluding hydrogens is 286 g/mol. The molecule has 0 aliphatic rings. The van der Waals surface area contributed by atoms with Gasteiger partial charge in [-0.3, -0.25) is 4.79 Å². The SMILES string of the molecule is CCNC(=O)Cc1c(-c2ccc(C)cc2)nc2ccc(C)cn12. The molecule has 0 saturated carbocycles. The topological polar surface area (TPSA) is 46.4 Å². The van der Waals surface area contributed by atoms with Gasteiger partial charge in [0.05, 0.1) is 17.8 Å². The zero-order valence-corrected chi connectivity index (χ0v) is 13.8. The lowest BCUT2D eigenvalue weighted by Gasteiger charge is -2.07. The number of aromatic nitrogens is 2. The van der Waals surface area contributed by atoms with Crippen LogP contribution in [0.3, 0.4) is 0 Å². The number of likely N-dealkylation sites (N-methyl/N-ethyl adjacent to an activating group) is 1. The van der Waals surface area contributed by atoms with Crippen molar-refractivity contribution in [3.05, 3.63) is 59.4 Å². The van der Waals surface area contributed by atoms with E-state index in [1.165, 1.54) is 5.56 Å². The molecule has 0 unspecified atom stereocenters. The normalized spacial score (nSPS) is 10.9. The van der Waals surface area contributed by atoms with Crippen molar-refractivity contribution in [2.45, 2.75) is 27.2 Å². The van der Waals surface area contributed by atoms with Gasteiger partial charge in [-0.25, -0.2) is 4.98 Å². The number of amides is 1. The fourth-order valence-electron chi connectivity index (χ4n) is 2.72. The number of benzene rings is 1. The number of imidazole rings is 1. The summed E-state index contributed by atoms with van der Waals surface area (Å²) in [4.78, 5) is 16.9. The maximum atomic E-state index is 12.1. The molecule has 1 aromatic carbocycles. The number of fused-ring (bicyclic) bond motifs is 1. The summed E-state index contributed by atoms with van der Waals surface area (Å²) in [6, 6.07) is 12.3. The van der Waals surface area contributed by atoms with Crippen LogP contribution < -0.4 is 5.32 Å². The highest BCUT2D eigenvalue weighted by Crippen LogP contribution is 2.25. The summed E-state index contributed by atoms with van der Waals surface area (Å²) in [5, 5.41) is 2.87. The second kappa shape index (κ2) is 6.24. The fraction of sp³-hybridized carbons (Fsp3) is 0.263. The highest BCUT2D eigenvalue weighted by molar-refractivity contribution is 5.81. The van der Waals surface area contributed by atoms with Gasteiger partial charge < -0.3 is 9.72 Å². The average molecular weight is 307 g/mol. The number of carbonyl (C=O) groups excluding carboxylic acids is 1. The molecule has 3 rings (SSSR count). The molecule has 118 valence electrons. The van der Waals surface area contributed by atoms with Gasteiger partial charge in [-0.05, 0) is 32.4 Å². The molecule has 0 aliphatic heterocycles. The highest BCUT2D eigenvalue weighted by atomic mass is 16.1. The molecule has 1 N–H and O–H groups in total. The summed E-state index contributed by atoms with van der Waals surface area (Å²) < 4.78 is 2.03. The first-order chi connectivity index (χ1) is 11.1. The third kappa shape index (κ3) is 3.11. The van der Waals surface area contributed by atoms with E-state index in [4.69, 9.17) is 4.98 Å². The Morgan fingerprint density at radius 3 is 2.48 bits per heavy atom. The van der Waals surface area contributed by atoms with E-state index in [2.05, 4.69) is 36.5 Å². The van der Waals surface area contributed by atoms with Gasteiger partial charge in [0.2, 0.25) is 5.91 Å². The Kier molecular flexibility index (Phi) is 4.15. The minimum atomic E-state index is 0.0177. The van der Waals surface area contributed by atoms with Crippen molar-refractivity contribution in [1.29, 1.82) is 0 Å². The number of nitrogens with zero attached hydrogens (tertiary/aromatic N) is 2. The van der Waals surface area contributed by atoms with E-state index < -0.39 is 0 Å². The average Bonchev–Trinajstić information content (AvgIpc) is 2.86. The second-order valence-corrected chi connectivity index (χ2v) is 5.84. The zero-order valence-electron chi connectivity index (χ0n) is 13.8. The third-order valence-corrected chi connectivity index (χ3v) is 3.89. The lowest BCUT2D eigenvalue weighted by molar-refractivity contribution is -0.120. The lowest BCUT2D eigenvalue weighted by Crippen LogP contribution is -2.25. The van der Waals surface area contributed by atoms with Crippen molar-refractivity contribution in [3.8, 4) is 11.3 Å². The predicted molar refractivity (Wildman–Crippen MR) is 92.5 cm³/mol. The van der Waals surface area contributed by atoms with Gasteiger partial charge in [-0.15, -0.1) is 0 Å². The van der Waals surface area contributed by atoms with Crippen LogP contribution in [-0.2, 0) is 11.2 Å². The highest BCUT2D eigenvalue weighted by Gasteiger charge is 2.16. The van der Waals surface area contributed by atoms with Crippen LogP contribution in [0.2, 0.25) is 0 Å². The molecule has 0 spiro atoms. The van der Waals surface area contributed by atoms with E-state index >= 15 is 0 Å². The molecule has 4 nitrogen and oxygen atoms in total. The minimum Gasteiger partial charge on any atom is -0.356 e. The van der Waals surface area contributed by atoms with E-state index in [1.54, 1.807) is 0 Å². The van der Waals surface area contributed by atoms with Crippen LogP contribution in [0.25, 0.3) is 16.9 Å². The molecule has 0 saturated heterocycles. The van der Waals surface area contributed by atoms with Gasteiger partial charge in [-0.2, -0.15) is 0 Å². The Balaban J connectivity index is 2.15. The van der Waals surface area contributed by atoms with Gasteiger partial charge in [-0.1, -0.05) is 35.9 Å². The molecule has 0 fully saturated rings. The summed E-state index contributed by atoms with van der Waals surface area (Å²) in [6.45, 7) is 6.67. The van der Waals surface area contributed by atoms with Gasteiger partial charge >= 0.3 is 0 Å². The van der Waals surface area contributed by atoms with Gasteiger partial charge in [0.15, 0.2) is 0 Å². The van der Waals surface area contributed by atoms with Crippen molar-refractivity contribution in [2.24, 2.45) is 0 Å². The first-order valence-electron chi connectivity index (χ1n) is 7.90. The van der Waals surface area contributed by atoms with Crippen LogP contribution in [-0.4, -0.2) is 21.8 Å². The first-order valence-corrected chi connectivity index (χ1v) is 7.90. The summed E-state index contributed by atoms with van der Waals surface area (Å²) in [7, 11) is 0. The number of aryl methyl sites for hydroxylation is 2. The standard InChI is InChI=1S/C19H21N3O/c1-4-20-18(23)11-16-19(15-8-5-13(2)6-9-15)21-17-10-7-14(3)12-22(16)17/h5-10,12H,4,11H2,1-3H3,(H,20,23). The quantitative estimate of drug-likeness (QED) is 0.804. The maximum absolute atomic E-state index is 12.1. The van der Waals surface area contributed by atoms with E-state index in [1.807, 2.05) is 36.6 Å². The molecule has 0 radical (unpaired) electrons. The minimum absolute atomic E-state index is 0.0177. The van der Waals surface area contributed by atoms with Crippen LogP contribution in [0.5, 0.6) is 0 Å². The third-order valence-electron chi connectivity index (χ3n) is 3.89. The number of carbonyl (C=O) groups is 1. The van der Waals surface area contributed by atoms with Crippen LogP contribution in [0, 0.1) is 13.8 Å². The number of pyridine rings is 1. The zero-order chi connectivity index (χ0) is 16.4. The summed E-state index contributed by atoms with van der Waals surface area (Å²) in [6.07, 6.45) is 2.36. The van der Waals surface area contributed by atoms with Gasteiger partial charge in [0.1, 0.15) is 5.65 Å². The van der Waals surface area contributed by atoms with E-state index in [-0.39, 0.29) is 5.91 Å². The van der Waals surface area contributed by atoms with Crippen LogP contribution >= 0.6 is 0 Å². The largest absolute Gasteiger partial charge is 0.356 e. The summed E-state index contributed by atoms with van der Waals surface area (Å²) >= 11 is 0. The Morgan fingerprint density at radius 2 is 1.78 bits per heavy atom. The monoisotopic (exact) mass is 307 g/mol. The van der Waals surface area contributed by atoms with Crippen molar-refractivity contribution in [2.75, 3.05) is 6.54 Å². The van der Waals surface area contributed by atoms with Crippen LogP contribution in [0.4, 0.5) is 0 Å². The number of rotatable bonds is 4. The second-order valence-electron chi connectivity index (χ2n) is 5.84. The molecule has 2 heterocycles. The van der Waals surface area contributed by atoms with Crippen molar-refractivity contribution in [3.63, 3.8) is 0 Å². The molecule has 0 bridgehead atoms. The smallest absolute Gasteiger partial charge is 0.226 e. The molecular formula is C19H21N3O. The van der Waals surface area contributed by atoms with Crippen molar-refractivity contribution in [1.82, 2.24) is 14.7 Å². The lowest BCUT2D eigenvalue weighted by atomic mass is 10.1. The molecule has 23 heavy (non-hydrogen) atoms. The van der Waals surface area contributed by atoms with Crippen molar-refractivity contribution < 1.29 is 4.79 Å². The molecule has 0 atom stereocenters. The number of nitrogens with one attached hydrogen (secondary N) is 1. The van der Waals surface area contributed by atoms with Crippen LogP contribution in [0.1, 0.15) is 23.7 Å². The Morgan fingerprint density at radius 1 is 1.09 bits per heavy atom. The Labute approximate surface area is 136 Å². The molecule has 2 aromatic heterocycles. The number of hydrogen-bond donors (Lipinski definition) is 1. The predicted octanol–water partition coefficient (Wildman–Crippen LogP) is 3.30. The summed E-state index contributed by atoms with van der Waals surface area (Å²) in [5.74, 6) is 0.0177. The molecule has 4 heteroatoms. The number of hydrogen-bond acceptors (Lipinski definition) is 2. The van der Waals surface area contributed by atoms with Crippen molar-refractivity contribution >= 4 is 11.6 Å². The Bertz CT molecular complexity index is 847. The van der Waals surface area contributed by atoms with Gasteiger partial charge in [0.25, 0.3) is 0 Å². The van der Waals surface area contributed by atoms with E-state index in [0.29, 0.717) is 13.0 Å². The molecule has 1 amide bonds. The summed E-state index contributed by atoms with van der Waals surface area (Å²) in [5.41, 5.74) is 6.06. The maximum Gasteiger partial charge on any atom is 0.226 e. The fourth-order valence-corrected chi connectivity index (χ4v) is 2.72. The van der Waals surface area contributed by atoms with E-state index in [9.17, 15) is 4.79 Å². The van der Waals surface area contributed by atoms with E-state index in [0.717, 1.165) is 28.2 Å². The molecule has 3 aromatic rings. The van der Waals surface area contributed by atoms with Gasteiger partial charge in [0, 0.05) is 18.3 Å².